The maximum absolute atomic E-state index is 12.7. The molecule has 0 fully saturated rings. The van der Waals surface area contributed by atoms with Gasteiger partial charge in [-0.25, -0.2) is 0 Å². The lowest BCUT2D eigenvalue weighted by Gasteiger charge is -2.25. The van der Waals surface area contributed by atoms with Crippen molar-refractivity contribution in [2.75, 3.05) is 5.32 Å². The fourth-order valence-electron chi connectivity index (χ4n) is 2.88. The molecule has 0 aliphatic rings. The van der Waals surface area contributed by atoms with Crippen LogP contribution >= 0.6 is 11.6 Å². The zero-order chi connectivity index (χ0) is 22.6. The SMILES string of the molecule is CC(=O)c1ccc(NC(=O)C(C)(C)Oc2ccc(C(=O)c3cccc(Cl)c3)cc2)cc1. The van der Waals surface area contributed by atoms with Gasteiger partial charge in [-0.05, 0) is 81.4 Å². The first-order valence-corrected chi connectivity index (χ1v) is 10.1. The number of amides is 1. The van der Waals surface area contributed by atoms with Crippen LogP contribution in [0.25, 0.3) is 0 Å². The smallest absolute Gasteiger partial charge is 0.267 e. The maximum atomic E-state index is 12.7. The summed E-state index contributed by atoms with van der Waals surface area (Å²) in [5.41, 5.74) is 0.951. The van der Waals surface area contributed by atoms with Crippen LogP contribution in [-0.2, 0) is 4.79 Å². The zero-order valence-corrected chi connectivity index (χ0v) is 18.2. The minimum atomic E-state index is -1.17. The number of carbonyl (C=O) groups excluding carboxylic acids is 3. The first kappa shape index (κ1) is 22.2. The Labute approximate surface area is 186 Å². The van der Waals surface area contributed by atoms with Crippen molar-refractivity contribution >= 4 is 34.8 Å². The first-order valence-electron chi connectivity index (χ1n) is 9.67. The molecular weight excluding hydrogens is 414 g/mol. The number of anilines is 1. The van der Waals surface area contributed by atoms with Crippen molar-refractivity contribution in [1.82, 2.24) is 0 Å². The van der Waals surface area contributed by atoms with E-state index in [-0.39, 0.29) is 17.5 Å². The monoisotopic (exact) mass is 435 g/mol. The Morgan fingerprint density at radius 2 is 1.45 bits per heavy atom. The maximum Gasteiger partial charge on any atom is 0.267 e. The summed E-state index contributed by atoms with van der Waals surface area (Å²) in [4.78, 5) is 36.6. The van der Waals surface area contributed by atoms with Gasteiger partial charge in [-0.15, -0.1) is 0 Å². The number of Topliss-reactive ketones (excluding diaryl/α,β-unsaturated/α-hetero) is 1. The fraction of sp³-hybridized carbons (Fsp3) is 0.160. The molecule has 6 heteroatoms. The largest absolute Gasteiger partial charge is 0.478 e. The van der Waals surface area contributed by atoms with E-state index in [1.54, 1.807) is 86.6 Å². The van der Waals surface area contributed by atoms with E-state index < -0.39 is 5.60 Å². The molecule has 0 aliphatic carbocycles. The Hall–Kier alpha value is -3.44. The molecule has 5 nitrogen and oxygen atoms in total. The molecule has 3 rings (SSSR count). The van der Waals surface area contributed by atoms with Gasteiger partial charge in [0.1, 0.15) is 5.75 Å². The summed E-state index contributed by atoms with van der Waals surface area (Å²) in [6.07, 6.45) is 0. The van der Waals surface area contributed by atoms with E-state index in [0.29, 0.717) is 33.1 Å². The van der Waals surface area contributed by atoms with Crippen LogP contribution in [0.15, 0.2) is 72.8 Å². The molecule has 3 aromatic carbocycles. The number of ether oxygens (including phenoxy) is 1. The third-order valence-corrected chi connectivity index (χ3v) is 4.91. The summed E-state index contributed by atoms with van der Waals surface area (Å²) in [7, 11) is 0. The average Bonchev–Trinajstić information content (AvgIpc) is 2.74. The minimum Gasteiger partial charge on any atom is -0.478 e. The summed E-state index contributed by atoms with van der Waals surface area (Å²) < 4.78 is 5.86. The summed E-state index contributed by atoms with van der Waals surface area (Å²) in [5, 5.41) is 3.28. The van der Waals surface area contributed by atoms with Gasteiger partial charge in [-0.1, -0.05) is 23.7 Å². The minimum absolute atomic E-state index is 0.0427. The number of hydrogen-bond acceptors (Lipinski definition) is 4. The van der Waals surface area contributed by atoms with Crippen molar-refractivity contribution in [2.24, 2.45) is 0 Å². The molecule has 0 saturated heterocycles. The van der Waals surface area contributed by atoms with Crippen LogP contribution in [0.1, 0.15) is 47.1 Å². The number of hydrogen-bond donors (Lipinski definition) is 1. The molecule has 0 radical (unpaired) electrons. The van der Waals surface area contributed by atoms with Crippen molar-refractivity contribution in [3.63, 3.8) is 0 Å². The standard InChI is InChI=1S/C25H22ClNO4/c1-16(28)17-7-11-21(12-8-17)27-24(30)25(2,3)31-22-13-9-18(10-14-22)23(29)19-5-4-6-20(26)15-19/h4-15H,1-3H3,(H,27,30). The lowest BCUT2D eigenvalue weighted by Crippen LogP contribution is -2.42. The number of ketones is 2. The Morgan fingerprint density at radius 1 is 0.839 bits per heavy atom. The van der Waals surface area contributed by atoms with Crippen molar-refractivity contribution < 1.29 is 19.1 Å². The van der Waals surface area contributed by atoms with Crippen molar-refractivity contribution in [3.8, 4) is 5.75 Å². The fourth-order valence-corrected chi connectivity index (χ4v) is 3.07. The molecule has 31 heavy (non-hydrogen) atoms. The molecule has 0 bridgehead atoms. The molecule has 0 atom stereocenters. The Balaban J connectivity index is 1.67. The van der Waals surface area contributed by atoms with Gasteiger partial charge in [0.25, 0.3) is 5.91 Å². The van der Waals surface area contributed by atoms with E-state index in [0.717, 1.165) is 0 Å². The number of carbonyl (C=O) groups is 3. The van der Waals surface area contributed by atoms with E-state index in [2.05, 4.69) is 5.32 Å². The molecule has 0 aromatic heterocycles. The summed E-state index contributed by atoms with van der Waals surface area (Å²) in [6.45, 7) is 4.78. The van der Waals surface area contributed by atoms with E-state index in [4.69, 9.17) is 16.3 Å². The highest BCUT2D eigenvalue weighted by Gasteiger charge is 2.30. The number of benzene rings is 3. The molecule has 0 aliphatic heterocycles. The molecule has 0 spiro atoms. The summed E-state index contributed by atoms with van der Waals surface area (Å²) in [5.74, 6) is -0.0873. The normalized spacial score (nSPS) is 11.0. The molecule has 0 saturated carbocycles. The van der Waals surface area contributed by atoms with Gasteiger partial charge in [0.15, 0.2) is 17.2 Å². The third kappa shape index (κ3) is 5.58. The first-order chi connectivity index (χ1) is 14.7. The quantitative estimate of drug-likeness (QED) is 0.492. The number of nitrogens with one attached hydrogen (secondary N) is 1. The number of halogens is 1. The van der Waals surface area contributed by atoms with Gasteiger partial charge in [0.2, 0.25) is 0 Å². The van der Waals surface area contributed by atoms with Crippen LogP contribution in [0.2, 0.25) is 5.02 Å². The van der Waals surface area contributed by atoms with Gasteiger partial charge < -0.3 is 10.1 Å². The zero-order valence-electron chi connectivity index (χ0n) is 17.4. The van der Waals surface area contributed by atoms with Crippen LogP contribution in [0.3, 0.4) is 0 Å². The van der Waals surface area contributed by atoms with E-state index in [9.17, 15) is 14.4 Å². The van der Waals surface area contributed by atoms with Gasteiger partial charge >= 0.3 is 0 Å². The molecule has 3 aromatic rings. The second kappa shape index (κ2) is 9.14. The lowest BCUT2D eigenvalue weighted by atomic mass is 10.0. The predicted molar refractivity (Wildman–Crippen MR) is 121 cm³/mol. The highest BCUT2D eigenvalue weighted by molar-refractivity contribution is 6.31. The number of rotatable bonds is 7. The van der Waals surface area contributed by atoms with Gasteiger partial charge in [-0.2, -0.15) is 0 Å². The van der Waals surface area contributed by atoms with Crippen LogP contribution < -0.4 is 10.1 Å². The molecule has 158 valence electrons. The Bertz CT molecular complexity index is 1120. The van der Waals surface area contributed by atoms with Gasteiger partial charge in [0, 0.05) is 27.4 Å². The Morgan fingerprint density at radius 3 is 2.03 bits per heavy atom. The molecule has 0 heterocycles. The van der Waals surface area contributed by atoms with Crippen molar-refractivity contribution in [1.29, 1.82) is 0 Å². The molecule has 1 amide bonds. The van der Waals surface area contributed by atoms with Crippen LogP contribution in [0.5, 0.6) is 5.75 Å². The molecule has 0 unspecified atom stereocenters. The van der Waals surface area contributed by atoms with E-state index >= 15 is 0 Å². The lowest BCUT2D eigenvalue weighted by molar-refractivity contribution is -0.128. The summed E-state index contributed by atoms with van der Waals surface area (Å²) in [6, 6.07) is 20.0. The second-order valence-corrected chi connectivity index (χ2v) is 8.00. The second-order valence-electron chi connectivity index (χ2n) is 7.56. The predicted octanol–water partition coefficient (Wildman–Crippen LogP) is 5.57. The van der Waals surface area contributed by atoms with Crippen molar-refractivity contribution in [2.45, 2.75) is 26.4 Å². The topological polar surface area (TPSA) is 72.5 Å². The highest BCUT2D eigenvalue weighted by Crippen LogP contribution is 2.23. The van der Waals surface area contributed by atoms with E-state index in [1.807, 2.05) is 0 Å². The summed E-state index contributed by atoms with van der Waals surface area (Å²) >= 11 is 5.96. The Kier molecular flexibility index (Phi) is 6.56. The average molecular weight is 436 g/mol. The van der Waals surface area contributed by atoms with E-state index in [1.165, 1.54) is 6.92 Å². The third-order valence-electron chi connectivity index (χ3n) is 4.67. The molecular formula is C25H22ClNO4. The van der Waals surface area contributed by atoms with Crippen LogP contribution in [-0.4, -0.2) is 23.1 Å². The van der Waals surface area contributed by atoms with Gasteiger partial charge in [0.05, 0.1) is 0 Å². The van der Waals surface area contributed by atoms with Gasteiger partial charge in [-0.3, -0.25) is 14.4 Å². The van der Waals surface area contributed by atoms with Crippen LogP contribution in [0, 0.1) is 0 Å². The van der Waals surface area contributed by atoms with Crippen LogP contribution in [0.4, 0.5) is 5.69 Å². The highest BCUT2D eigenvalue weighted by atomic mass is 35.5. The molecule has 1 N–H and O–H groups in total. The van der Waals surface area contributed by atoms with Crippen molar-refractivity contribution in [3.05, 3.63) is 94.5 Å².